The average molecular weight is 804 g/mol. The molecule has 4 aromatic carbocycles. The Morgan fingerprint density at radius 1 is 0.432 bits per heavy atom. The summed E-state index contributed by atoms with van der Waals surface area (Å²) in [6.07, 6.45) is 4.72. The molecule has 4 rings (SSSR count). The Morgan fingerprint density at radius 3 is 0.773 bits per heavy atom. The topological polar surface area (TPSA) is 161 Å². The van der Waals surface area contributed by atoms with Gasteiger partial charge in [-0.3, -0.25) is 0 Å². The van der Waals surface area contributed by atoms with Crippen molar-refractivity contribution in [1.29, 1.82) is 0 Å². The van der Waals surface area contributed by atoms with E-state index in [0.717, 1.165) is 23.6 Å². The van der Waals surface area contributed by atoms with Gasteiger partial charge in [-0.25, -0.2) is 0 Å². The summed E-state index contributed by atoms with van der Waals surface area (Å²) in [6, 6.07) is 43.3. The van der Waals surface area contributed by atoms with Gasteiger partial charge in [0.2, 0.25) is 0 Å². The van der Waals surface area contributed by atoms with Gasteiger partial charge in [0.1, 0.15) is 0 Å². The van der Waals surface area contributed by atoms with Crippen LogP contribution in [0.2, 0.25) is 10.8 Å². The molecule has 0 atom stereocenters. The van der Waals surface area contributed by atoms with E-state index in [9.17, 15) is 0 Å². The number of hydrogen-bond donors (Lipinski definition) is 0. The number of hydrogen-bond acceptors (Lipinski definition) is 8. The molecule has 44 heavy (non-hydrogen) atoms. The maximum absolute atomic E-state index is 8.59. The van der Waals surface area contributed by atoms with Gasteiger partial charge in [-0.1, -0.05) is 0 Å². The molecule has 0 bridgehead atoms. The van der Waals surface area contributed by atoms with Crippen molar-refractivity contribution in [1.82, 2.24) is 0 Å². The van der Waals surface area contributed by atoms with Crippen molar-refractivity contribution < 1.29 is 90.0 Å². The van der Waals surface area contributed by atoms with Gasteiger partial charge in [-0.2, -0.15) is 0 Å². The van der Waals surface area contributed by atoms with Crippen molar-refractivity contribution in [3.05, 3.63) is 121 Å². The SMILES string of the molecule is [Ni+2][CH2]CCP(c1ccccc1)c1ccccc1.[Ni+2][CH2]CCP(c1ccccc1)c1ccccc1.[O]=[Cr](=[O])([O-])[O-].[O]=[Cr](=[O])([O-])[O-]. The quantitative estimate of drug-likeness (QED) is 0.173. The predicted octanol–water partition coefficient (Wildman–Crippen LogP) is 1.71. The molecule has 0 spiro atoms. The molecule has 242 valence electrons. The van der Waals surface area contributed by atoms with Crippen molar-refractivity contribution in [2.24, 2.45) is 0 Å². The molecule has 0 aliphatic heterocycles. The summed E-state index contributed by atoms with van der Waals surface area (Å²) in [5.41, 5.74) is 0. The Balaban J connectivity index is 0.000000338. The van der Waals surface area contributed by atoms with Crippen LogP contribution in [0.4, 0.5) is 0 Å². The zero-order chi connectivity index (χ0) is 32.8. The molecular formula is C30H32Cr2Ni2O8P2. The summed E-state index contributed by atoms with van der Waals surface area (Å²) in [7, 11) is -0.434. The molecule has 0 heterocycles. The molecule has 0 saturated heterocycles. The fourth-order valence-electron chi connectivity index (χ4n) is 3.66. The zero-order valence-corrected chi connectivity index (χ0v) is 29.7. The fraction of sp³-hybridized carbons (Fsp3) is 0.200. The normalized spacial score (nSPS) is 10.9. The van der Waals surface area contributed by atoms with Gasteiger partial charge in [0, 0.05) is 0 Å². The van der Waals surface area contributed by atoms with E-state index in [0.29, 0.717) is 0 Å². The molecular weight excluding hydrogens is 772 g/mol. The molecule has 0 N–H and O–H groups in total. The minimum absolute atomic E-state index is 0.217. The first kappa shape index (κ1) is 40.9. The van der Waals surface area contributed by atoms with Crippen molar-refractivity contribution in [2.75, 3.05) is 12.3 Å². The van der Waals surface area contributed by atoms with E-state index in [1.807, 2.05) is 0 Å². The summed E-state index contributed by atoms with van der Waals surface area (Å²) in [6.45, 7) is 0. The van der Waals surface area contributed by atoms with Gasteiger partial charge in [-0.05, 0) is 0 Å². The molecule has 0 unspecified atom stereocenters. The van der Waals surface area contributed by atoms with Crippen molar-refractivity contribution in [3.8, 4) is 0 Å². The first-order valence-corrected chi connectivity index (χ1v) is 21.6. The first-order chi connectivity index (χ1) is 20.8. The number of benzene rings is 4. The standard InChI is InChI=1S/2C15H16P.2Cr.2Ni.8O/c2*1-2-13-16(14-9-5-3-6-10-14)15-11-7-4-8-12-15;;;;;;;;;;;;/h2*3-12H,1-2,13H2;;;;;;;;;;;;/q;;;;2*+2;;;;;4*-1. The van der Waals surface area contributed by atoms with E-state index in [2.05, 4.69) is 121 Å². The molecule has 0 aliphatic carbocycles. The van der Waals surface area contributed by atoms with Gasteiger partial charge >= 0.3 is 284 Å². The van der Waals surface area contributed by atoms with Crippen LogP contribution >= 0.6 is 15.8 Å². The molecule has 4 aromatic rings. The van der Waals surface area contributed by atoms with Crippen LogP contribution in [0.25, 0.3) is 0 Å². The Bertz CT molecular complexity index is 1290. The van der Waals surface area contributed by atoms with E-state index >= 15 is 0 Å². The molecule has 8 nitrogen and oxygen atoms in total. The zero-order valence-electron chi connectivity index (χ0n) is 23.4. The number of rotatable bonds is 10. The van der Waals surface area contributed by atoms with Crippen LogP contribution in [-0.2, 0) is 73.4 Å². The van der Waals surface area contributed by atoms with Gasteiger partial charge < -0.3 is 0 Å². The summed E-state index contributed by atoms with van der Waals surface area (Å²) in [4.78, 5) is 0. The Hall–Kier alpha value is -1.17. The fourth-order valence-corrected chi connectivity index (χ4v) is 9.19. The third-order valence-electron chi connectivity index (χ3n) is 5.26. The minimum atomic E-state index is -5.75. The Kier molecular flexibility index (Phi) is 21.5. The second-order valence-corrected chi connectivity index (χ2v) is 16.7. The van der Waals surface area contributed by atoms with E-state index in [1.54, 1.807) is 0 Å². The molecule has 0 saturated carbocycles. The second kappa shape index (κ2) is 23.2. The van der Waals surface area contributed by atoms with Crippen LogP contribution in [0.15, 0.2) is 121 Å². The Labute approximate surface area is 282 Å². The summed E-state index contributed by atoms with van der Waals surface area (Å²) in [5, 5.41) is 7.64. The molecule has 0 aliphatic rings. The second-order valence-electron chi connectivity index (χ2n) is 8.49. The van der Waals surface area contributed by atoms with Crippen LogP contribution in [0, 0.1) is 0 Å². The van der Waals surface area contributed by atoms with E-state index in [1.165, 1.54) is 33.5 Å². The molecule has 0 aromatic heterocycles. The third kappa shape index (κ3) is 21.5. The monoisotopic (exact) mass is 802 g/mol. The van der Waals surface area contributed by atoms with Crippen molar-refractivity contribution in [2.45, 2.75) is 23.6 Å². The molecule has 14 heteroatoms. The van der Waals surface area contributed by atoms with E-state index < -0.39 is 27.2 Å². The molecule has 0 radical (unpaired) electrons. The Morgan fingerprint density at radius 2 is 0.614 bits per heavy atom. The molecule has 0 amide bonds. The van der Waals surface area contributed by atoms with Crippen LogP contribution in [0.1, 0.15) is 12.8 Å². The van der Waals surface area contributed by atoms with Gasteiger partial charge in [0.05, 0.1) is 0 Å². The summed E-state index contributed by atoms with van der Waals surface area (Å²) in [5.74, 6) is 0. The van der Waals surface area contributed by atoms with Crippen molar-refractivity contribution >= 4 is 37.1 Å². The van der Waals surface area contributed by atoms with E-state index in [-0.39, 0.29) is 15.8 Å². The van der Waals surface area contributed by atoms with Gasteiger partial charge in [0.15, 0.2) is 0 Å². The van der Waals surface area contributed by atoms with Crippen LogP contribution in [-0.4, -0.2) is 12.3 Å². The van der Waals surface area contributed by atoms with E-state index in [4.69, 9.17) is 62.8 Å². The van der Waals surface area contributed by atoms with Gasteiger partial charge in [-0.15, -0.1) is 0 Å². The average Bonchev–Trinajstić information content (AvgIpc) is 2.98. The molecule has 0 fully saturated rings. The predicted molar refractivity (Wildman–Crippen MR) is 149 cm³/mol. The van der Waals surface area contributed by atoms with Crippen LogP contribution in [0.3, 0.4) is 0 Å². The first-order valence-electron chi connectivity index (χ1n) is 13.0. The van der Waals surface area contributed by atoms with Crippen LogP contribution < -0.4 is 37.9 Å². The van der Waals surface area contributed by atoms with Crippen LogP contribution in [0.5, 0.6) is 0 Å². The maximum atomic E-state index is 8.59. The van der Waals surface area contributed by atoms with Gasteiger partial charge in [0.25, 0.3) is 0 Å². The van der Waals surface area contributed by atoms with Crippen molar-refractivity contribution in [3.63, 3.8) is 0 Å². The third-order valence-corrected chi connectivity index (χ3v) is 11.2. The summed E-state index contributed by atoms with van der Waals surface area (Å²) >= 11 is -1.90. The summed E-state index contributed by atoms with van der Waals surface area (Å²) < 4.78 is 68.8.